The highest BCUT2D eigenvalue weighted by Gasteiger charge is 2.08. The molecule has 88 valence electrons. The molecule has 0 bridgehead atoms. The van der Waals surface area contributed by atoms with Crippen LogP contribution in [0.5, 0.6) is 5.75 Å². The van der Waals surface area contributed by atoms with Gasteiger partial charge in [0.25, 0.3) is 0 Å². The summed E-state index contributed by atoms with van der Waals surface area (Å²) in [7, 11) is 1.59. The van der Waals surface area contributed by atoms with Gasteiger partial charge in [-0.15, -0.1) is 0 Å². The summed E-state index contributed by atoms with van der Waals surface area (Å²) in [6.45, 7) is 2.05. The second-order valence-corrected chi connectivity index (χ2v) is 4.97. The van der Waals surface area contributed by atoms with Gasteiger partial charge in [0, 0.05) is 9.13 Å². The smallest absolute Gasteiger partial charge is 0.126 e. The Labute approximate surface area is 114 Å². The minimum atomic E-state index is -0.253. The van der Waals surface area contributed by atoms with Gasteiger partial charge in [0.05, 0.1) is 7.11 Å². The molecule has 0 fully saturated rings. The SMILES string of the molecule is COc1ccc(F)cc1-c1ccc(C)c(I)c1. The van der Waals surface area contributed by atoms with E-state index in [9.17, 15) is 4.39 Å². The lowest BCUT2D eigenvalue weighted by atomic mass is 10.0. The summed E-state index contributed by atoms with van der Waals surface area (Å²) in [4.78, 5) is 0. The van der Waals surface area contributed by atoms with E-state index in [0.717, 1.165) is 14.7 Å². The largest absolute Gasteiger partial charge is 0.496 e. The third kappa shape index (κ3) is 2.60. The van der Waals surface area contributed by atoms with Crippen molar-refractivity contribution in [2.75, 3.05) is 7.11 Å². The van der Waals surface area contributed by atoms with Crippen LogP contribution in [0.3, 0.4) is 0 Å². The molecule has 0 saturated carbocycles. The number of ether oxygens (including phenoxy) is 1. The Morgan fingerprint density at radius 2 is 1.88 bits per heavy atom. The molecule has 0 heterocycles. The second-order valence-electron chi connectivity index (χ2n) is 3.81. The maximum absolute atomic E-state index is 13.3. The van der Waals surface area contributed by atoms with Crippen LogP contribution in [-0.4, -0.2) is 7.11 Å². The molecule has 1 nitrogen and oxygen atoms in total. The van der Waals surface area contributed by atoms with Crippen molar-refractivity contribution < 1.29 is 9.13 Å². The lowest BCUT2D eigenvalue weighted by Gasteiger charge is -2.10. The summed E-state index contributed by atoms with van der Waals surface area (Å²) in [5, 5.41) is 0. The fourth-order valence-corrected chi connectivity index (χ4v) is 2.18. The van der Waals surface area contributed by atoms with E-state index >= 15 is 0 Å². The standard InChI is InChI=1S/C14H12FIO/c1-9-3-4-10(7-13(9)16)12-8-11(15)5-6-14(12)17-2/h3-8H,1-2H3. The Hall–Kier alpha value is -1.10. The highest BCUT2D eigenvalue weighted by atomic mass is 127. The number of methoxy groups -OCH3 is 1. The summed E-state index contributed by atoms with van der Waals surface area (Å²) in [6, 6.07) is 10.6. The minimum Gasteiger partial charge on any atom is -0.496 e. The number of halogens is 2. The van der Waals surface area contributed by atoms with Crippen LogP contribution in [0.15, 0.2) is 36.4 Å². The summed E-state index contributed by atoms with van der Waals surface area (Å²) in [6.07, 6.45) is 0. The van der Waals surface area contributed by atoms with Gasteiger partial charge < -0.3 is 4.74 Å². The van der Waals surface area contributed by atoms with E-state index in [0.29, 0.717) is 5.75 Å². The molecule has 0 atom stereocenters. The normalized spacial score (nSPS) is 10.4. The van der Waals surface area contributed by atoms with Gasteiger partial charge in [-0.2, -0.15) is 0 Å². The van der Waals surface area contributed by atoms with E-state index in [1.807, 2.05) is 25.1 Å². The van der Waals surface area contributed by atoms with Crippen LogP contribution in [0.1, 0.15) is 5.56 Å². The van der Waals surface area contributed by atoms with Crippen LogP contribution in [0.2, 0.25) is 0 Å². The summed E-state index contributed by atoms with van der Waals surface area (Å²) in [5.74, 6) is 0.433. The molecular weight excluding hydrogens is 330 g/mol. The molecule has 17 heavy (non-hydrogen) atoms. The molecule has 0 N–H and O–H groups in total. The van der Waals surface area contributed by atoms with Crippen LogP contribution < -0.4 is 4.74 Å². The first-order valence-electron chi connectivity index (χ1n) is 5.22. The van der Waals surface area contributed by atoms with Crippen molar-refractivity contribution in [3.8, 4) is 16.9 Å². The van der Waals surface area contributed by atoms with Gasteiger partial charge in [-0.3, -0.25) is 0 Å². The molecule has 2 aromatic carbocycles. The van der Waals surface area contributed by atoms with Crippen LogP contribution in [0, 0.1) is 16.3 Å². The Morgan fingerprint density at radius 3 is 2.53 bits per heavy atom. The van der Waals surface area contributed by atoms with Crippen molar-refractivity contribution in [1.29, 1.82) is 0 Å². The lowest BCUT2D eigenvalue weighted by molar-refractivity contribution is 0.415. The monoisotopic (exact) mass is 342 g/mol. The first-order chi connectivity index (χ1) is 8.11. The number of benzene rings is 2. The third-order valence-corrected chi connectivity index (χ3v) is 3.81. The van der Waals surface area contributed by atoms with Crippen molar-refractivity contribution >= 4 is 22.6 Å². The van der Waals surface area contributed by atoms with Gasteiger partial charge in [-0.05, 0) is 64.9 Å². The molecule has 0 aliphatic carbocycles. The number of rotatable bonds is 2. The molecule has 0 spiro atoms. The quantitative estimate of drug-likeness (QED) is 0.735. The predicted octanol–water partition coefficient (Wildman–Crippen LogP) is 4.41. The molecule has 0 aliphatic rings. The molecule has 3 heteroatoms. The van der Waals surface area contributed by atoms with E-state index in [1.165, 1.54) is 17.7 Å². The fourth-order valence-electron chi connectivity index (χ4n) is 1.67. The zero-order valence-corrected chi connectivity index (χ0v) is 11.8. The number of hydrogen-bond donors (Lipinski definition) is 0. The average molecular weight is 342 g/mol. The zero-order valence-electron chi connectivity index (χ0n) is 9.63. The molecule has 0 aromatic heterocycles. The first-order valence-corrected chi connectivity index (χ1v) is 6.30. The number of aryl methyl sites for hydroxylation is 1. The molecule has 0 unspecified atom stereocenters. The molecule has 0 radical (unpaired) electrons. The van der Waals surface area contributed by atoms with Crippen LogP contribution in [0.4, 0.5) is 4.39 Å². The van der Waals surface area contributed by atoms with Crippen molar-refractivity contribution in [3.63, 3.8) is 0 Å². The van der Waals surface area contributed by atoms with E-state index in [4.69, 9.17) is 4.74 Å². The molecule has 0 saturated heterocycles. The van der Waals surface area contributed by atoms with E-state index in [2.05, 4.69) is 22.6 Å². The van der Waals surface area contributed by atoms with E-state index < -0.39 is 0 Å². The Kier molecular flexibility index (Phi) is 3.66. The highest BCUT2D eigenvalue weighted by molar-refractivity contribution is 14.1. The van der Waals surface area contributed by atoms with Gasteiger partial charge in [-0.25, -0.2) is 4.39 Å². The van der Waals surface area contributed by atoms with Gasteiger partial charge in [-0.1, -0.05) is 12.1 Å². The molecule has 0 amide bonds. The van der Waals surface area contributed by atoms with E-state index in [1.54, 1.807) is 13.2 Å². The Balaban J connectivity index is 2.58. The summed E-state index contributed by atoms with van der Waals surface area (Å²) >= 11 is 2.27. The van der Waals surface area contributed by atoms with Crippen molar-refractivity contribution in [2.45, 2.75) is 6.92 Å². The topological polar surface area (TPSA) is 9.23 Å². The molecule has 0 aliphatic heterocycles. The maximum Gasteiger partial charge on any atom is 0.126 e. The van der Waals surface area contributed by atoms with Crippen molar-refractivity contribution in [2.24, 2.45) is 0 Å². The van der Waals surface area contributed by atoms with Gasteiger partial charge >= 0.3 is 0 Å². The van der Waals surface area contributed by atoms with Crippen LogP contribution >= 0.6 is 22.6 Å². The van der Waals surface area contributed by atoms with Crippen molar-refractivity contribution in [1.82, 2.24) is 0 Å². The summed E-state index contributed by atoms with van der Waals surface area (Å²) in [5.41, 5.74) is 2.96. The van der Waals surface area contributed by atoms with Gasteiger partial charge in [0.1, 0.15) is 11.6 Å². The van der Waals surface area contributed by atoms with E-state index in [-0.39, 0.29) is 5.82 Å². The van der Waals surface area contributed by atoms with Crippen molar-refractivity contribution in [3.05, 3.63) is 51.3 Å². The van der Waals surface area contributed by atoms with Gasteiger partial charge in [0.2, 0.25) is 0 Å². The highest BCUT2D eigenvalue weighted by Crippen LogP contribution is 2.32. The lowest BCUT2D eigenvalue weighted by Crippen LogP contribution is -1.90. The van der Waals surface area contributed by atoms with Crippen LogP contribution in [0.25, 0.3) is 11.1 Å². The summed E-state index contributed by atoms with van der Waals surface area (Å²) < 4.78 is 19.7. The fraction of sp³-hybridized carbons (Fsp3) is 0.143. The molecule has 2 aromatic rings. The average Bonchev–Trinajstić information content (AvgIpc) is 2.32. The Bertz CT molecular complexity index is 552. The number of hydrogen-bond acceptors (Lipinski definition) is 1. The Morgan fingerprint density at radius 1 is 1.12 bits per heavy atom. The first kappa shape index (κ1) is 12.4. The maximum atomic E-state index is 13.3. The molecule has 2 rings (SSSR count). The van der Waals surface area contributed by atoms with Gasteiger partial charge in [0.15, 0.2) is 0 Å². The third-order valence-electron chi connectivity index (χ3n) is 2.64. The zero-order chi connectivity index (χ0) is 12.4. The second kappa shape index (κ2) is 5.04. The molecular formula is C14H12FIO. The van der Waals surface area contributed by atoms with Crippen LogP contribution in [-0.2, 0) is 0 Å². The minimum absolute atomic E-state index is 0.253. The predicted molar refractivity (Wildman–Crippen MR) is 75.8 cm³/mol.